The van der Waals surface area contributed by atoms with Gasteiger partial charge in [0.1, 0.15) is 17.8 Å². The molecule has 0 radical (unpaired) electrons. The number of phenols is 1. The Balaban J connectivity index is 1.80. The monoisotopic (exact) mass is 470 g/mol. The number of rotatable bonds is 7. The van der Waals surface area contributed by atoms with Crippen LogP contribution in [0.4, 0.5) is 5.69 Å². The fraction of sp³-hybridized carbons (Fsp3) is 0.333. The second-order valence-electron chi connectivity index (χ2n) is 8.69. The van der Waals surface area contributed by atoms with Gasteiger partial charge in [0.15, 0.2) is 0 Å². The number of sulfonamides is 1. The topological polar surface area (TPSA) is 105 Å². The van der Waals surface area contributed by atoms with Crippen molar-refractivity contribution in [2.45, 2.75) is 44.9 Å². The van der Waals surface area contributed by atoms with E-state index >= 15 is 0 Å². The summed E-state index contributed by atoms with van der Waals surface area (Å²) in [5, 5.41) is 12.9. The van der Waals surface area contributed by atoms with E-state index in [-0.39, 0.29) is 21.8 Å². The molecule has 3 aromatic rings. The molecule has 0 aliphatic rings. The number of nitrogens with zero attached hydrogens (tertiary/aromatic N) is 3. The number of amides is 1. The van der Waals surface area contributed by atoms with Crippen molar-refractivity contribution >= 4 is 21.6 Å². The minimum atomic E-state index is -3.54. The van der Waals surface area contributed by atoms with Gasteiger partial charge in [0.05, 0.1) is 10.6 Å². The molecular formula is C24H30N4O4S. The quantitative estimate of drug-likeness (QED) is 0.505. The summed E-state index contributed by atoms with van der Waals surface area (Å²) in [6.07, 6.45) is 3.03. The minimum Gasteiger partial charge on any atom is -0.506 e. The lowest BCUT2D eigenvalue weighted by atomic mass is 9.87. The van der Waals surface area contributed by atoms with E-state index in [2.05, 4.69) is 10.3 Å². The Morgan fingerprint density at radius 3 is 2.30 bits per heavy atom. The average molecular weight is 471 g/mol. The van der Waals surface area contributed by atoms with Gasteiger partial charge in [-0.3, -0.25) is 4.79 Å². The largest absolute Gasteiger partial charge is 0.506 e. The summed E-state index contributed by atoms with van der Waals surface area (Å²) in [5.41, 5.74) is 1.97. The Labute approximate surface area is 194 Å². The maximum Gasteiger partial charge on any atom is 0.275 e. The second-order valence-corrected chi connectivity index (χ2v) is 10.6. The second kappa shape index (κ2) is 9.36. The minimum absolute atomic E-state index is 0.0271. The number of nitrogens with one attached hydrogen (secondary N) is 1. The summed E-state index contributed by atoms with van der Waals surface area (Å²) in [7, 11) is -3.54. The van der Waals surface area contributed by atoms with E-state index in [1.54, 1.807) is 61.0 Å². The number of benzene rings is 2. The van der Waals surface area contributed by atoms with Gasteiger partial charge >= 0.3 is 0 Å². The Morgan fingerprint density at radius 2 is 1.73 bits per heavy atom. The molecule has 2 N–H and O–H groups in total. The zero-order valence-corrected chi connectivity index (χ0v) is 20.3. The van der Waals surface area contributed by atoms with E-state index in [1.165, 1.54) is 10.6 Å². The van der Waals surface area contributed by atoms with Crippen LogP contribution in [-0.2, 0) is 15.4 Å². The molecule has 1 amide bonds. The van der Waals surface area contributed by atoms with Crippen LogP contribution in [0.3, 0.4) is 0 Å². The molecule has 0 saturated carbocycles. The van der Waals surface area contributed by atoms with Crippen molar-refractivity contribution in [1.29, 1.82) is 0 Å². The molecule has 0 fully saturated rings. The van der Waals surface area contributed by atoms with Gasteiger partial charge in [-0.15, -0.1) is 0 Å². The van der Waals surface area contributed by atoms with Crippen molar-refractivity contribution in [1.82, 2.24) is 13.9 Å². The summed E-state index contributed by atoms with van der Waals surface area (Å²) in [6.45, 7) is 10.5. The molecule has 0 spiro atoms. The van der Waals surface area contributed by atoms with Crippen LogP contribution in [0.1, 0.15) is 50.7 Å². The first-order valence-corrected chi connectivity index (χ1v) is 12.2. The van der Waals surface area contributed by atoms with Crippen LogP contribution < -0.4 is 5.32 Å². The number of carbonyl (C=O) groups is 1. The number of hydrogen-bond acceptors (Lipinski definition) is 5. The van der Waals surface area contributed by atoms with Crippen LogP contribution in [0.25, 0.3) is 5.69 Å². The van der Waals surface area contributed by atoms with Gasteiger partial charge in [-0.05, 0) is 47.4 Å². The van der Waals surface area contributed by atoms with E-state index in [0.29, 0.717) is 24.5 Å². The molecular weight excluding hydrogens is 440 g/mol. The molecule has 0 atom stereocenters. The zero-order valence-electron chi connectivity index (χ0n) is 19.5. The maximum atomic E-state index is 12.7. The number of hydrogen-bond donors (Lipinski definition) is 2. The fourth-order valence-corrected chi connectivity index (χ4v) is 4.83. The maximum absolute atomic E-state index is 12.7. The van der Waals surface area contributed by atoms with Gasteiger partial charge in [0.25, 0.3) is 5.91 Å². The first-order chi connectivity index (χ1) is 15.5. The molecule has 8 nitrogen and oxygen atoms in total. The van der Waals surface area contributed by atoms with Crippen molar-refractivity contribution in [3.05, 3.63) is 66.2 Å². The van der Waals surface area contributed by atoms with Crippen LogP contribution >= 0.6 is 0 Å². The lowest BCUT2D eigenvalue weighted by Gasteiger charge is -2.20. The zero-order chi connectivity index (χ0) is 24.4. The fourth-order valence-electron chi connectivity index (χ4n) is 3.37. The van der Waals surface area contributed by atoms with Gasteiger partial charge in [0, 0.05) is 25.0 Å². The molecule has 33 heavy (non-hydrogen) atoms. The predicted molar refractivity (Wildman–Crippen MR) is 128 cm³/mol. The number of carbonyl (C=O) groups excluding carboxylic acids is 1. The van der Waals surface area contributed by atoms with Crippen molar-refractivity contribution in [2.24, 2.45) is 0 Å². The van der Waals surface area contributed by atoms with Gasteiger partial charge in [0.2, 0.25) is 10.0 Å². The number of aromatic hydroxyl groups is 1. The normalized spacial score (nSPS) is 12.2. The SMILES string of the molecule is CCN(CC)S(=O)(=O)c1ccc(-n2cnc(C(=O)Nc3cc(C(C)(C)C)ccc3O)c2)cc1. The summed E-state index contributed by atoms with van der Waals surface area (Å²) in [5.74, 6) is -0.489. The van der Waals surface area contributed by atoms with E-state index < -0.39 is 15.9 Å². The van der Waals surface area contributed by atoms with Crippen molar-refractivity contribution in [3.63, 3.8) is 0 Å². The van der Waals surface area contributed by atoms with Crippen molar-refractivity contribution in [2.75, 3.05) is 18.4 Å². The van der Waals surface area contributed by atoms with Crippen molar-refractivity contribution < 1.29 is 18.3 Å². The van der Waals surface area contributed by atoms with Gasteiger partial charge < -0.3 is 15.0 Å². The molecule has 0 unspecified atom stereocenters. The molecule has 0 saturated heterocycles. The molecule has 0 aliphatic heterocycles. The predicted octanol–water partition coefficient (Wildman–Crippen LogP) is 4.16. The smallest absolute Gasteiger partial charge is 0.275 e. The Kier molecular flexibility index (Phi) is 6.94. The highest BCUT2D eigenvalue weighted by Gasteiger charge is 2.22. The van der Waals surface area contributed by atoms with Crippen LogP contribution in [-0.4, -0.2) is 46.4 Å². The molecule has 176 valence electrons. The third kappa shape index (κ3) is 5.26. The highest BCUT2D eigenvalue weighted by atomic mass is 32.2. The molecule has 1 aromatic heterocycles. The van der Waals surface area contributed by atoms with E-state index in [1.807, 2.05) is 26.8 Å². The summed E-state index contributed by atoms with van der Waals surface area (Å²) in [4.78, 5) is 17.1. The third-order valence-electron chi connectivity index (χ3n) is 5.40. The highest BCUT2D eigenvalue weighted by molar-refractivity contribution is 7.89. The Bertz CT molecular complexity index is 1240. The molecule has 9 heteroatoms. The first-order valence-electron chi connectivity index (χ1n) is 10.8. The number of imidazole rings is 1. The van der Waals surface area contributed by atoms with Crippen LogP contribution in [0.2, 0.25) is 0 Å². The number of anilines is 1. The molecule has 0 aliphatic carbocycles. The van der Waals surface area contributed by atoms with Crippen LogP contribution in [0.5, 0.6) is 5.75 Å². The Morgan fingerprint density at radius 1 is 1.09 bits per heavy atom. The molecule has 2 aromatic carbocycles. The number of phenolic OH excluding ortho intramolecular Hbond substituents is 1. The summed E-state index contributed by atoms with van der Waals surface area (Å²) >= 11 is 0. The Hall–Kier alpha value is -3.17. The number of aromatic nitrogens is 2. The van der Waals surface area contributed by atoms with E-state index in [9.17, 15) is 18.3 Å². The highest BCUT2D eigenvalue weighted by Crippen LogP contribution is 2.31. The van der Waals surface area contributed by atoms with Crippen LogP contribution in [0, 0.1) is 0 Å². The summed E-state index contributed by atoms with van der Waals surface area (Å²) in [6, 6.07) is 11.5. The third-order valence-corrected chi connectivity index (χ3v) is 7.47. The first kappa shape index (κ1) is 24.5. The lowest BCUT2D eigenvalue weighted by molar-refractivity contribution is 0.102. The lowest BCUT2D eigenvalue weighted by Crippen LogP contribution is -2.30. The molecule has 3 rings (SSSR count). The standard InChI is InChI=1S/C24H30N4O4S/c1-6-28(7-2)33(31,32)19-11-9-18(10-12-19)27-15-21(25-16-27)23(30)26-20-14-17(24(3,4)5)8-13-22(20)29/h8-16,29H,6-7H2,1-5H3,(H,26,30). The molecule has 0 bridgehead atoms. The average Bonchev–Trinajstić information content (AvgIpc) is 3.26. The molecule has 1 heterocycles. The van der Waals surface area contributed by atoms with Crippen LogP contribution in [0.15, 0.2) is 59.9 Å². The van der Waals surface area contributed by atoms with Crippen molar-refractivity contribution in [3.8, 4) is 11.4 Å². The van der Waals surface area contributed by atoms with Gasteiger partial charge in [-0.2, -0.15) is 4.31 Å². The van der Waals surface area contributed by atoms with Gasteiger partial charge in [-0.1, -0.05) is 40.7 Å². The van der Waals surface area contributed by atoms with E-state index in [0.717, 1.165) is 5.56 Å². The van der Waals surface area contributed by atoms with E-state index in [4.69, 9.17) is 0 Å². The summed E-state index contributed by atoms with van der Waals surface area (Å²) < 4.78 is 28.3. The van der Waals surface area contributed by atoms with Gasteiger partial charge in [-0.25, -0.2) is 13.4 Å².